The second-order valence-electron chi connectivity index (χ2n) is 4.68. The molecule has 1 atom stereocenters. The summed E-state index contributed by atoms with van der Waals surface area (Å²) in [6, 6.07) is 7.91. The Hall–Kier alpha value is -1.57. The van der Waals surface area contributed by atoms with Crippen LogP contribution in [-0.2, 0) is 9.47 Å². The summed E-state index contributed by atoms with van der Waals surface area (Å²) in [5.74, 6) is 0. The molecule has 0 aliphatic carbocycles. The number of nitrogens with one attached hydrogen (secondary N) is 1. The maximum Gasteiger partial charge on any atom is 0.110 e. The lowest BCUT2D eigenvalue weighted by atomic mass is 10.0. The molecule has 4 nitrogen and oxygen atoms in total. The van der Waals surface area contributed by atoms with Gasteiger partial charge in [0.15, 0.2) is 0 Å². The zero-order valence-corrected chi connectivity index (χ0v) is 10.8. The van der Waals surface area contributed by atoms with Gasteiger partial charge in [-0.2, -0.15) is 5.26 Å². The van der Waals surface area contributed by atoms with Crippen LogP contribution in [0.2, 0.25) is 0 Å². The van der Waals surface area contributed by atoms with Crippen LogP contribution in [0.25, 0.3) is 0 Å². The first-order chi connectivity index (χ1) is 8.69. The molecule has 1 heterocycles. The van der Waals surface area contributed by atoms with Gasteiger partial charge in [-0.3, -0.25) is 0 Å². The Morgan fingerprint density at radius 2 is 2.39 bits per heavy atom. The van der Waals surface area contributed by atoms with E-state index in [1.165, 1.54) is 0 Å². The fourth-order valence-electron chi connectivity index (χ4n) is 2.12. The maximum absolute atomic E-state index is 8.88. The number of methoxy groups -OCH3 is 1. The van der Waals surface area contributed by atoms with Gasteiger partial charge in [0.05, 0.1) is 18.2 Å². The highest BCUT2D eigenvalue weighted by atomic mass is 16.5. The van der Waals surface area contributed by atoms with Crippen LogP contribution in [0.4, 0.5) is 5.69 Å². The molecule has 1 N–H and O–H groups in total. The topological polar surface area (TPSA) is 54.3 Å². The predicted octanol–water partition coefficient (Wildman–Crippen LogP) is 2.08. The Balaban J connectivity index is 2.02. The Kier molecular flexibility index (Phi) is 3.85. The van der Waals surface area contributed by atoms with Crippen LogP contribution in [0.15, 0.2) is 18.2 Å². The average molecular weight is 246 g/mol. The van der Waals surface area contributed by atoms with Gasteiger partial charge < -0.3 is 14.8 Å². The zero-order valence-electron chi connectivity index (χ0n) is 10.8. The summed E-state index contributed by atoms with van der Waals surface area (Å²) in [6.07, 6.45) is 0.908. The second-order valence-corrected chi connectivity index (χ2v) is 4.68. The minimum atomic E-state index is -0.220. The van der Waals surface area contributed by atoms with Crippen molar-refractivity contribution in [2.45, 2.75) is 18.9 Å². The lowest BCUT2D eigenvalue weighted by Crippen LogP contribution is -2.39. The summed E-state index contributed by atoms with van der Waals surface area (Å²) in [6.45, 7) is 4.04. The van der Waals surface area contributed by atoms with E-state index in [9.17, 15) is 0 Å². The van der Waals surface area contributed by atoms with E-state index in [0.717, 1.165) is 30.8 Å². The van der Waals surface area contributed by atoms with E-state index in [1.54, 1.807) is 7.11 Å². The molecule has 0 aromatic heterocycles. The van der Waals surface area contributed by atoms with Crippen LogP contribution in [0.1, 0.15) is 17.5 Å². The highest BCUT2D eigenvalue weighted by Gasteiger charge is 2.34. The molecule has 0 saturated carbocycles. The fourth-order valence-corrected chi connectivity index (χ4v) is 2.12. The monoisotopic (exact) mass is 246 g/mol. The number of hydrogen-bond donors (Lipinski definition) is 1. The van der Waals surface area contributed by atoms with Crippen molar-refractivity contribution in [1.29, 1.82) is 5.26 Å². The van der Waals surface area contributed by atoms with Crippen molar-refractivity contribution >= 4 is 5.69 Å². The van der Waals surface area contributed by atoms with E-state index in [2.05, 4.69) is 11.4 Å². The van der Waals surface area contributed by atoms with E-state index in [1.807, 2.05) is 25.1 Å². The molecule has 0 radical (unpaired) electrons. The summed E-state index contributed by atoms with van der Waals surface area (Å²) in [5.41, 5.74) is 2.49. The quantitative estimate of drug-likeness (QED) is 0.883. The third kappa shape index (κ3) is 2.63. The molecule has 0 spiro atoms. The van der Waals surface area contributed by atoms with Gasteiger partial charge in [0.1, 0.15) is 5.60 Å². The number of anilines is 1. The molecule has 1 saturated heterocycles. The molecule has 1 unspecified atom stereocenters. The number of aryl methyl sites for hydroxylation is 1. The Labute approximate surface area is 108 Å². The van der Waals surface area contributed by atoms with E-state index >= 15 is 0 Å². The van der Waals surface area contributed by atoms with E-state index in [-0.39, 0.29) is 5.60 Å². The van der Waals surface area contributed by atoms with Crippen LogP contribution < -0.4 is 5.32 Å². The fraction of sp³-hybridized carbons (Fsp3) is 0.500. The minimum Gasteiger partial charge on any atom is -0.382 e. The highest BCUT2D eigenvalue weighted by molar-refractivity contribution is 5.51. The highest BCUT2D eigenvalue weighted by Crippen LogP contribution is 2.23. The Bertz CT molecular complexity index is 459. The number of benzene rings is 1. The molecule has 0 amide bonds. The van der Waals surface area contributed by atoms with Gasteiger partial charge in [0.2, 0.25) is 0 Å². The van der Waals surface area contributed by atoms with Crippen molar-refractivity contribution in [2.24, 2.45) is 0 Å². The normalized spacial score (nSPS) is 22.7. The molecule has 1 aromatic rings. The van der Waals surface area contributed by atoms with Crippen molar-refractivity contribution in [3.63, 3.8) is 0 Å². The molecule has 1 aliphatic rings. The van der Waals surface area contributed by atoms with Crippen LogP contribution in [0, 0.1) is 18.3 Å². The molecule has 1 aromatic carbocycles. The van der Waals surface area contributed by atoms with Gasteiger partial charge in [-0.15, -0.1) is 0 Å². The number of ether oxygens (including phenoxy) is 2. The van der Waals surface area contributed by atoms with Gasteiger partial charge in [-0.05, 0) is 30.7 Å². The van der Waals surface area contributed by atoms with Crippen molar-refractivity contribution in [2.75, 3.05) is 32.2 Å². The number of nitrogens with zero attached hydrogens (tertiary/aromatic N) is 1. The van der Waals surface area contributed by atoms with Gasteiger partial charge in [0, 0.05) is 32.4 Å². The largest absolute Gasteiger partial charge is 0.382 e. The molecular weight excluding hydrogens is 228 g/mol. The third-order valence-corrected chi connectivity index (χ3v) is 3.46. The molecule has 18 heavy (non-hydrogen) atoms. The summed E-state index contributed by atoms with van der Waals surface area (Å²) >= 11 is 0. The molecular formula is C14H18N2O2. The molecule has 1 aliphatic heterocycles. The van der Waals surface area contributed by atoms with E-state index in [0.29, 0.717) is 12.2 Å². The minimum absolute atomic E-state index is 0.220. The lowest BCUT2D eigenvalue weighted by molar-refractivity contribution is -0.00619. The zero-order chi connectivity index (χ0) is 13.0. The Morgan fingerprint density at radius 3 is 2.94 bits per heavy atom. The van der Waals surface area contributed by atoms with Crippen LogP contribution in [0.3, 0.4) is 0 Å². The first-order valence-electron chi connectivity index (χ1n) is 6.07. The summed E-state index contributed by atoms with van der Waals surface area (Å²) in [4.78, 5) is 0. The van der Waals surface area contributed by atoms with Crippen LogP contribution >= 0.6 is 0 Å². The van der Waals surface area contributed by atoms with Gasteiger partial charge in [0.25, 0.3) is 0 Å². The molecule has 0 bridgehead atoms. The summed E-state index contributed by atoms with van der Waals surface area (Å²) < 4.78 is 10.9. The second kappa shape index (κ2) is 5.38. The SMILES string of the molecule is COC1(CNc2ccc(C#N)c(C)c2)CCOC1. The first kappa shape index (κ1) is 12.9. The predicted molar refractivity (Wildman–Crippen MR) is 69.6 cm³/mol. The maximum atomic E-state index is 8.88. The van der Waals surface area contributed by atoms with Crippen LogP contribution in [-0.4, -0.2) is 32.5 Å². The standard InChI is InChI=1S/C14H18N2O2/c1-11-7-13(4-3-12(11)8-15)16-9-14(17-2)5-6-18-10-14/h3-4,7,16H,5-6,9-10H2,1-2H3. The van der Waals surface area contributed by atoms with Gasteiger partial charge in [-0.25, -0.2) is 0 Å². The van der Waals surface area contributed by atoms with Crippen molar-refractivity contribution in [3.05, 3.63) is 29.3 Å². The summed E-state index contributed by atoms with van der Waals surface area (Å²) in [7, 11) is 1.72. The average Bonchev–Trinajstić information content (AvgIpc) is 2.86. The van der Waals surface area contributed by atoms with Gasteiger partial charge >= 0.3 is 0 Å². The molecule has 96 valence electrons. The van der Waals surface area contributed by atoms with Gasteiger partial charge in [-0.1, -0.05) is 0 Å². The molecule has 1 fully saturated rings. The van der Waals surface area contributed by atoms with Crippen molar-refractivity contribution in [3.8, 4) is 6.07 Å². The number of hydrogen-bond acceptors (Lipinski definition) is 4. The summed E-state index contributed by atoms with van der Waals surface area (Å²) in [5, 5.41) is 12.2. The van der Waals surface area contributed by atoms with E-state index < -0.39 is 0 Å². The van der Waals surface area contributed by atoms with E-state index in [4.69, 9.17) is 14.7 Å². The first-order valence-corrected chi connectivity index (χ1v) is 6.07. The molecule has 2 rings (SSSR count). The Morgan fingerprint density at radius 1 is 1.56 bits per heavy atom. The van der Waals surface area contributed by atoms with Crippen LogP contribution in [0.5, 0.6) is 0 Å². The van der Waals surface area contributed by atoms with Crippen molar-refractivity contribution < 1.29 is 9.47 Å². The third-order valence-electron chi connectivity index (χ3n) is 3.46. The lowest BCUT2D eigenvalue weighted by Gasteiger charge is -2.26. The number of rotatable bonds is 4. The molecule has 4 heteroatoms. The number of nitriles is 1. The smallest absolute Gasteiger partial charge is 0.110 e. The van der Waals surface area contributed by atoms with Crippen molar-refractivity contribution in [1.82, 2.24) is 0 Å².